The molecule has 0 radical (unpaired) electrons. The molecule has 3 rings (SSSR count). The first-order chi connectivity index (χ1) is 9.47. The minimum Gasteiger partial charge on any atom is -0.387 e. The molecule has 0 bridgehead atoms. The van der Waals surface area contributed by atoms with Crippen molar-refractivity contribution in [1.82, 2.24) is 15.1 Å². The summed E-state index contributed by atoms with van der Waals surface area (Å²) < 4.78 is 5.37. The highest BCUT2D eigenvalue weighted by Crippen LogP contribution is 2.35. The van der Waals surface area contributed by atoms with E-state index in [0.29, 0.717) is 12.1 Å². The fourth-order valence-corrected chi connectivity index (χ4v) is 3.47. The quantitative estimate of drug-likeness (QED) is 0.707. The third-order valence-electron chi connectivity index (χ3n) is 4.53. The molecule has 3 aliphatic rings. The Kier molecular flexibility index (Phi) is 5.42. The van der Waals surface area contributed by atoms with E-state index in [-0.39, 0.29) is 0 Å². The monoisotopic (exact) mass is 285 g/mol. The Labute approximate surface area is 123 Å². The van der Waals surface area contributed by atoms with Gasteiger partial charge in [0.1, 0.15) is 5.60 Å². The Balaban J connectivity index is 0.000000149. The second-order valence-corrected chi connectivity index (χ2v) is 6.91. The summed E-state index contributed by atoms with van der Waals surface area (Å²) in [7, 11) is 6.11. The predicted octanol–water partition coefficient (Wildman–Crippen LogP) is 0.144. The maximum Gasteiger partial charge on any atom is 0.104 e. The zero-order valence-corrected chi connectivity index (χ0v) is 13.3. The van der Waals surface area contributed by atoms with Crippen LogP contribution in [-0.4, -0.2) is 86.6 Å². The first-order valence-electron chi connectivity index (χ1n) is 7.85. The number of hydrogen-bond donors (Lipinski definition) is 2. The number of ether oxygens (including phenoxy) is 1. The number of epoxide rings is 1. The Morgan fingerprint density at radius 1 is 1.10 bits per heavy atom. The van der Waals surface area contributed by atoms with Crippen molar-refractivity contribution >= 4 is 0 Å². The molecule has 0 aromatic heterocycles. The summed E-state index contributed by atoms with van der Waals surface area (Å²) >= 11 is 0. The maximum absolute atomic E-state index is 9.94. The molecule has 0 amide bonds. The van der Waals surface area contributed by atoms with Gasteiger partial charge in [-0.05, 0) is 59.9 Å². The Morgan fingerprint density at radius 3 is 2.15 bits per heavy atom. The van der Waals surface area contributed by atoms with Crippen molar-refractivity contribution in [3.63, 3.8) is 0 Å². The van der Waals surface area contributed by atoms with Gasteiger partial charge in [-0.2, -0.15) is 0 Å². The topological polar surface area (TPSA) is 51.3 Å². The molecule has 0 aromatic rings. The van der Waals surface area contributed by atoms with E-state index < -0.39 is 5.60 Å². The standard InChI is InChI=1S/C8H18N2O.C7H13NO/c1-9-6-8(11)4-3-5-10(2)7-8;1-8-4-2-3-7(5-8)6-9-7/h9,11H,3-7H2,1-2H3;2-6H2,1H3. The van der Waals surface area contributed by atoms with E-state index in [0.717, 1.165) is 39.1 Å². The van der Waals surface area contributed by atoms with Gasteiger partial charge < -0.3 is 25.0 Å². The van der Waals surface area contributed by atoms with E-state index in [2.05, 4.69) is 29.2 Å². The van der Waals surface area contributed by atoms with Gasteiger partial charge in [-0.1, -0.05) is 0 Å². The van der Waals surface area contributed by atoms with Crippen LogP contribution in [0.3, 0.4) is 0 Å². The molecule has 118 valence electrons. The smallest absolute Gasteiger partial charge is 0.104 e. The molecule has 3 saturated heterocycles. The highest BCUT2D eigenvalue weighted by molar-refractivity contribution is 4.97. The summed E-state index contributed by atoms with van der Waals surface area (Å²) in [6.45, 7) is 6.05. The molecular formula is C15H31N3O2. The van der Waals surface area contributed by atoms with Gasteiger partial charge in [0, 0.05) is 19.6 Å². The summed E-state index contributed by atoms with van der Waals surface area (Å²) in [6, 6.07) is 0. The van der Waals surface area contributed by atoms with Crippen LogP contribution >= 0.6 is 0 Å². The van der Waals surface area contributed by atoms with Gasteiger partial charge in [-0.3, -0.25) is 0 Å². The van der Waals surface area contributed by atoms with Crippen LogP contribution in [0.5, 0.6) is 0 Å². The third kappa shape index (κ3) is 4.67. The fraction of sp³-hybridized carbons (Fsp3) is 1.00. The molecule has 3 heterocycles. The molecule has 2 N–H and O–H groups in total. The summed E-state index contributed by atoms with van der Waals surface area (Å²) in [6.07, 6.45) is 4.64. The summed E-state index contributed by atoms with van der Waals surface area (Å²) in [5, 5.41) is 13.0. The fourth-order valence-electron chi connectivity index (χ4n) is 3.47. The third-order valence-corrected chi connectivity index (χ3v) is 4.53. The lowest BCUT2D eigenvalue weighted by Crippen LogP contribution is -2.51. The van der Waals surface area contributed by atoms with Gasteiger partial charge in [0.15, 0.2) is 0 Å². The van der Waals surface area contributed by atoms with Crippen LogP contribution in [0, 0.1) is 0 Å². The van der Waals surface area contributed by atoms with Crippen molar-refractivity contribution in [1.29, 1.82) is 0 Å². The van der Waals surface area contributed by atoms with Crippen LogP contribution in [0.4, 0.5) is 0 Å². The molecule has 0 aliphatic carbocycles. The molecule has 5 heteroatoms. The van der Waals surface area contributed by atoms with Gasteiger partial charge in [-0.15, -0.1) is 0 Å². The van der Waals surface area contributed by atoms with Crippen molar-refractivity contribution in [2.75, 3.05) is 60.5 Å². The Hall–Kier alpha value is -0.200. The van der Waals surface area contributed by atoms with E-state index in [9.17, 15) is 5.11 Å². The first kappa shape index (κ1) is 16.2. The lowest BCUT2D eigenvalue weighted by molar-refractivity contribution is -0.0202. The largest absolute Gasteiger partial charge is 0.387 e. The van der Waals surface area contributed by atoms with Crippen LogP contribution in [0.25, 0.3) is 0 Å². The molecule has 20 heavy (non-hydrogen) atoms. The highest BCUT2D eigenvalue weighted by atomic mass is 16.6. The number of likely N-dealkylation sites (N-methyl/N-ethyl adjacent to an activating group) is 3. The van der Waals surface area contributed by atoms with E-state index in [1.807, 2.05) is 7.05 Å². The number of rotatable bonds is 2. The van der Waals surface area contributed by atoms with Crippen LogP contribution in [0.15, 0.2) is 0 Å². The first-order valence-corrected chi connectivity index (χ1v) is 7.85. The summed E-state index contributed by atoms with van der Waals surface area (Å²) in [5.41, 5.74) is -0.158. The number of β-amino-alcohol motifs (C(OH)–C–C–N with tert-alkyl or cyclic N) is 1. The molecule has 3 aliphatic heterocycles. The predicted molar refractivity (Wildman–Crippen MR) is 81.0 cm³/mol. The van der Waals surface area contributed by atoms with E-state index in [1.165, 1.54) is 19.4 Å². The highest BCUT2D eigenvalue weighted by Gasteiger charge is 2.46. The van der Waals surface area contributed by atoms with Crippen LogP contribution < -0.4 is 5.32 Å². The molecular weight excluding hydrogens is 254 g/mol. The second-order valence-electron chi connectivity index (χ2n) is 6.91. The second kappa shape index (κ2) is 6.71. The molecule has 2 unspecified atom stereocenters. The van der Waals surface area contributed by atoms with Crippen molar-refractivity contribution < 1.29 is 9.84 Å². The molecule has 5 nitrogen and oxygen atoms in total. The number of nitrogens with zero attached hydrogens (tertiary/aromatic N) is 2. The SMILES string of the molecule is CN1CCCC2(CO2)C1.CNCC1(O)CCCN(C)C1. The van der Waals surface area contributed by atoms with Crippen LogP contribution in [-0.2, 0) is 4.74 Å². The number of nitrogens with one attached hydrogen (secondary N) is 1. The number of aliphatic hydroxyl groups is 1. The van der Waals surface area contributed by atoms with E-state index in [4.69, 9.17) is 4.74 Å². The lowest BCUT2D eigenvalue weighted by atomic mass is 9.93. The van der Waals surface area contributed by atoms with E-state index in [1.54, 1.807) is 0 Å². The average Bonchev–Trinajstić information content (AvgIpc) is 3.08. The minimum absolute atomic E-state index is 0.326. The number of piperidine rings is 2. The normalized spacial score (nSPS) is 38.4. The average molecular weight is 285 g/mol. The molecule has 3 fully saturated rings. The summed E-state index contributed by atoms with van der Waals surface area (Å²) in [5.74, 6) is 0. The molecule has 0 aromatic carbocycles. The molecule has 0 saturated carbocycles. The minimum atomic E-state index is -0.484. The summed E-state index contributed by atoms with van der Waals surface area (Å²) in [4.78, 5) is 4.54. The van der Waals surface area contributed by atoms with Crippen molar-refractivity contribution in [3.05, 3.63) is 0 Å². The Bertz CT molecular complexity index is 305. The van der Waals surface area contributed by atoms with Crippen molar-refractivity contribution in [2.45, 2.75) is 36.9 Å². The zero-order chi connectivity index (χ0) is 14.6. The van der Waals surface area contributed by atoms with Gasteiger partial charge in [0.25, 0.3) is 0 Å². The van der Waals surface area contributed by atoms with Gasteiger partial charge >= 0.3 is 0 Å². The maximum atomic E-state index is 9.94. The van der Waals surface area contributed by atoms with Gasteiger partial charge in [0.05, 0.1) is 12.2 Å². The van der Waals surface area contributed by atoms with E-state index >= 15 is 0 Å². The van der Waals surface area contributed by atoms with Crippen molar-refractivity contribution in [2.24, 2.45) is 0 Å². The zero-order valence-electron chi connectivity index (χ0n) is 13.3. The van der Waals surface area contributed by atoms with Crippen LogP contribution in [0.2, 0.25) is 0 Å². The lowest BCUT2D eigenvalue weighted by Gasteiger charge is -2.37. The molecule has 1 spiro atoms. The molecule has 2 atom stereocenters. The van der Waals surface area contributed by atoms with Crippen LogP contribution in [0.1, 0.15) is 25.7 Å². The van der Waals surface area contributed by atoms with Crippen molar-refractivity contribution in [3.8, 4) is 0 Å². The van der Waals surface area contributed by atoms with Gasteiger partial charge in [0.2, 0.25) is 0 Å². The number of likely N-dealkylation sites (tertiary alicyclic amines) is 2. The van der Waals surface area contributed by atoms with Gasteiger partial charge in [-0.25, -0.2) is 0 Å². The number of hydrogen-bond acceptors (Lipinski definition) is 5. The Morgan fingerprint density at radius 2 is 1.70 bits per heavy atom.